The molecule has 0 unspecified atom stereocenters. The van der Waals surface area contributed by atoms with E-state index in [0.29, 0.717) is 12.2 Å². The molecule has 2 nitrogen and oxygen atoms in total. The van der Waals surface area contributed by atoms with E-state index in [9.17, 15) is 13.2 Å². The summed E-state index contributed by atoms with van der Waals surface area (Å²) >= 11 is 3.28. The van der Waals surface area contributed by atoms with Crippen LogP contribution in [0.2, 0.25) is 0 Å². The third kappa shape index (κ3) is 4.85. The van der Waals surface area contributed by atoms with Gasteiger partial charge in [-0.3, -0.25) is 0 Å². The highest BCUT2D eigenvalue weighted by Gasteiger charge is 2.26. The van der Waals surface area contributed by atoms with Crippen LogP contribution in [0.5, 0.6) is 0 Å². The number of nitrogens with two attached hydrogens (primary N) is 1. The van der Waals surface area contributed by atoms with Gasteiger partial charge in [0.05, 0.1) is 11.4 Å². The van der Waals surface area contributed by atoms with Crippen LogP contribution in [0.15, 0.2) is 22.7 Å². The maximum Gasteiger partial charge on any atom is 0.389 e. The van der Waals surface area contributed by atoms with Gasteiger partial charge in [0, 0.05) is 24.5 Å². The highest BCUT2D eigenvalue weighted by Crippen LogP contribution is 2.27. The quantitative estimate of drug-likeness (QED) is 0.857. The zero-order valence-electron chi connectivity index (χ0n) is 9.39. The van der Waals surface area contributed by atoms with Crippen molar-refractivity contribution in [3.63, 3.8) is 0 Å². The number of anilines is 2. The van der Waals surface area contributed by atoms with Crippen molar-refractivity contribution in [2.75, 3.05) is 24.2 Å². The molecule has 0 radical (unpaired) electrons. The first-order valence-electron chi connectivity index (χ1n) is 5.12. The molecule has 0 saturated heterocycles. The lowest BCUT2D eigenvalue weighted by atomic mass is 10.2. The highest BCUT2D eigenvalue weighted by atomic mass is 79.9. The van der Waals surface area contributed by atoms with E-state index in [1.165, 1.54) is 0 Å². The maximum absolute atomic E-state index is 12.0. The van der Waals surface area contributed by atoms with E-state index in [0.717, 1.165) is 10.2 Å². The van der Waals surface area contributed by atoms with E-state index in [1.807, 2.05) is 6.07 Å². The van der Waals surface area contributed by atoms with Crippen molar-refractivity contribution in [3.8, 4) is 0 Å². The smallest absolute Gasteiger partial charge is 0.389 e. The van der Waals surface area contributed by atoms with Crippen molar-refractivity contribution in [1.29, 1.82) is 0 Å². The molecule has 0 aromatic heterocycles. The van der Waals surface area contributed by atoms with Crippen LogP contribution in [-0.4, -0.2) is 19.8 Å². The van der Waals surface area contributed by atoms with E-state index in [2.05, 4.69) is 15.9 Å². The lowest BCUT2D eigenvalue weighted by Crippen LogP contribution is -2.21. The lowest BCUT2D eigenvalue weighted by molar-refractivity contribution is -0.134. The number of hydrogen-bond acceptors (Lipinski definition) is 2. The van der Waals surface area contributed by atoms with Crippen LogP contribution in [-0.2, 0) is 0 Å². The van der Waals surface area contributed by atoms with E-state index in [1.54, 1.807) is 24.1 Å². The predicted octanol–water partition coefficient (Wildman–Crippen LogP) is 3.81. The van der Waals surface area contributed by atoms with Gasteiger partial charge < -0.3 is 10.6 Å². The summed E-state index contributed by atoms with van der Waals surface area (Å²) in [6.07, 6.45) is -4.80. The molecule has 96 valence electrons. The van der Waals surface area contributed by atoms with Crippen LogP contribution < -0.4 is 10.6 Å². The standard InChI is InChI=1S/C11H14BrF3N2/c1-17(6-2-5-11(13,14)15)10-4-3-8(12)7-9(10)16/h3-4,7H,2,5-6,16H2,1H3. The summed E-state index contributed by atoms with van der Waals surface area (Å²) in [6.45, 7) is 0.325. The summed E-state index contributed by atoms with van der Waals surface area (Å²) in [7, 11) is 1.73. The monoisotopic (exact) mass is 310 g/mol. The molecule has 0 fully saturated rings. The molecule has 2 N–H and O–H groups in total. The summed E-state index contributed by atoms with van der Waals surface area (Å²) < 4.78 is 36.8. The van der Waals surface area contributed by atoms with Gasteiger partial charge in [-0.15, -0.1) is 0 Å². The Hall–Kier alpha value is -0.910. The molecule has 0 aliphatic carbocycles. The second-order valence-electron chi connectivity index (χ2n) is 3.84. The lowest BCUT2D eigenvalue weighted by Gasteiger charge is -2.21. The minimum Gasteiger partial charge on any atom is -0.397 e. The maximum atomic E-state index is 12.0. The Morgan fingerprint density at radius 3 is 2.53 bits per heavy atom. The van der Waals surface area contributed by atoms with Gasteiger partial charge in [-0.1, -0.05) is 15.9 Å². The highest BCUT2D eigenvalue weighted by molar-refractivity contribution is 9.10. The summed E-state index contributed by atoms with van der Waals surface area (Å²) in [5.74, 6) is 0. The molecule has 0 aliphatic heterocycles. The molecular weight excluding hydrogens is 297 g/mol. The van der Waals surface area contributed by atoms with Gasteiger partial charge in [0.1, 0.15) is 0 Å². The molecule has 1 aromatic rings. The normalized spacial score (nSPS) is 11.6. The Labute approximate surface area is 107 Å². The zero-order valence-corrected chi connectivity index (χ0v) is 11.0. The average molecular weight is 311 g/mol. The van der Waals surface area contributed by atoms with Gasteiger partial charge >= 0.3 is 6.18 Å². The van der Waals surface area contributed by atoms with E-state index < -0.39 is 12.6 Å². The van der Waals surface area contributed by atoms with E-state index >= 15 is 0 Å². The Kier molecular flexibility index (Phi) is 4.68. The Balaban J connectivity index is 2.55. The van der Waals surface area contributed by atoms with Gasteiger partial charge in [-0.05, 0) is 24.6 Å². The minimum atomic E-state index is -4.09. The fourth-order valence-electron chi connectivity index (χ4n) is 1.51. The van der Waals surface area contributed by atoms with Gasteiger partial charge in [0.15, 0.2) is 0 Å². The molecule has 1 rings (SSSR count). The third-order valence-corrected chi connectivity index (χ3v) is 2.85. The number of rotatable bonds is 4. The molecular formula is C11H14BrF3N2. The molecule has 0 bridgehead atoms. The minimum absolute atomic E-state index is 0.0650. The molecule has 0 spiro atoms. The summed E-state index contributed by atoms with van der Waals surface area (Å²) in [4.78, 5) is 1.73. The molecule has 0 amide bonds. The Bertz CT molecular complexity index is 379. The van der Waals surface area contributed by atoms with Crippen LogP contribution in [0.1, 0.15) is 12.8 Å². The zero-order chi connectivity index (χ0) is 13.1. The molecule has 0 atom stereocenters. The molecule has 6 heteroatoms. The molecule has 0 heterocycles. The van der Waals surface area contributed by atoms with Crippen molar-refractivity contribution >= 4 is 27.3 Å². The number of nitrogens with zero attached hydrogens (tertiary/aromatic N) is 1. The largest absolute Gasteiger partial charge is 0.397 e. The topological polar surface area (TPSA) is 29.3 Å². The number of alkyl halides is 3. The summed E-state index contributed by atoms with van der Waals surface area (Å²) in [5.41, 5.74) is 7.08. The second-order valence-corrected chi connectivity index (χ2v) is 4.76. The fourth-order valence-corrected chi connectivity index (χ4v) is 1.89. The van der Waals surface area contributed by atoms with Crippen molar-refractivity contribution in [3.05, 3.63) is 22.7 Å². The summed E-state index contributed by atoms with van der Waals surface area (Å²) in [6, 6.07) is 5.33. The second kappa shape index (κ2) is 5.62. The average Bonchev–Trinajstić information content (AvgIpc) is 2.15. The van der Waals surface area contributed by atoms with Gasteiger partial charge in [0.2, 0.25) is 0 Å². The Morgan fingerprint density at radius 1 is 1.35 bits per heavy atom. The fraction of sp³-hybridized carbons (Fsp3) is 0.455. The SMILES string of the molecule is CN(CCCC(F)(F)F)c1ccc(Br)cc1N. The predicted molar refractivity (Wildman–Crippen MR) is 67.1 cm³/mol. The van der Waals surface area contributed by atoms with Crippen LogP contribution in [0, 0.1) is 0 Å². The number of benzene rings is 1. The first-order chi connectivity index (χ1) is 7.79. The number of halogens is 4. The first-order valence-corrected chi connectivity index (χ1v) is 5.92. The van der Waals surface area contributed by atoms with Crippen LogP contribution in [0.25, 0.3) is 0 Å². The number of nitrogen functional groups attached to an aromatic ring is 1. The number of hydrogen-bond donors (Lipinski definition) is 1. The third-order valence-electron chi connectivity index (χ3n) is 2.35. The molecule has 0 saturated carbocycles. The van der Waals surface area contributed by atoms with Crippen molar-refractivity contribution in [2.45, 2.75) is 19.0 Å². The van der Waals surface area contributed by atoms with Crippen molar-refractivity contribution in [2.24, 2.45) is 0 Å². The molecule has 0 aliphatic rings. The van der Waals surface area contributed by atoms with E-state index in [-0.39, 0.29) is 6.42 Å². The van der Waals surface area contributed by atoms with Gasteiger partial charge in [-0.25, -0.2) is 0 Å². The molecule has 17 heavy (non-hydrogen) atoms. The van der Waals surface area contributed by atoms with Gasteiger partial charge in [0.25, 0.3) is 0 Å². The van der Waals surface area contributed by atoms with Crippen LogP contribution in [0.4, 0.5) is 24.5 Å². The Morgan fingerprint density at radius 2 is 2.00 bits per heavy atom. The van der Waals surface area contributed by atoms with E-state index in [4.69, 9.17) is 5.73 Å². The van der Waals surface area contributed by atoms with Crippen molar-refractivity contribution in [1.82, 2.24) is 0 Å². The first kappa shape index (κ1) is 14.2. The summed E-state index contributed by atoms with van der Waals surface area (Å²) in [5, 5.41) is 0. The molecule has 1 aromatic carbocycles. The van der Waals surface area contributed by atoms with Crippen LogP contribution >= 0.6 is 15.9 Å². The van der Waals surface area contributed by atoms with Gasteiger partial charge in [-0.2, -0.15) is 13.2 Å². The van der Waals surface area contributed by atoms with Crippen LogP contribution in [0.3, 0.4) is 0 Å². The van der Waals surface area contributed by atoms with Crippen molar-refractivity contribution < 1.29 is 13.2 Å².